The van der Waals surface area contributed by atoms with Crippen molar-refractivity contribution in [3.63, 3.8) is 0 Å². The van der Waals surface area contributed by atoms with Crippen LogP contribution in [0.15, 0.2) is 35.5 Å². The minimum absolute atomic E-state index is 0.0709. The second-order valence-corrected chi connectivity index (χ2v) is 6.18. The molecule has 0 spiro atoms. The van der Waals surface area contributed by atoms with Gasteiger partial charge in [0.25, 0.3) is 0 Å². The predicted molar refractivity (Wildman–Crippen MR) is 76.2 cm³/mol. The van der Waals surface area contributed by atoms with Crippen molar-refractivity contribution in [1.29, 1.82) is 0 Å². The molecule has 0 aliphatic rings. The number of nitrogens with one attached hydrogen (secondary N) is 1. The van der Waals surface area contributed by atoms with Gasteiger partial charge in [-0.25, -0.2) is 18.1 Å². The van der Waals surface area contributed by atoms with E-state index in [1.165, 1.54) is 25.3 Å². The number of hydrogen-bond donors (Lipinski definition) is 2. The molecule has 7 nitrogen and oxygen atoms in total. The van der Waals surface area contributed by atoms with Gasteiger partial charge in [-0.3, -0.25) is 0 Å². The van der Waals surface area contributed by atoms with Gasteiger partial charge in [0.15, 0.2) is 0 Å². The minimum atomic E-state index is -3.68. The maximum Gasteiger partial charge on any atom is 0.240 e. The Bertz CT molecular complexity index is 725. The maximum atomic E-state index is 12.2. The fourth-order valence-corrected chi connectivity index (χ4v) is 2.89. The number of imidazole rings is 1. The molecule has 1 aromatic heterocycles. The van der Waals surface area contributed by atoms with Crippen LogP contribution in [0.25, 0.3) is 0 Å². The van der Waals surface area contributed by atoms with Crippen molar-refractivity contribution in [1.82, 2.24) is 14.3 Å². The molecule has 0 bridgehead atoms. The maximum absolute atomic E-state index is 12.2. The summed E-state index contributed by atoms with van der Waals surface area (Å²) in [7, 11) is -0.435. The number of ether oxygens (including phenoxy) is 1. The number of aliphatic hydroxyl groups excluding tert-OH is 1. The van der Waals surface area contributed by atoms with Crippen LogP contribution >= 0.6 is 0 Å². The molecule has 2 aromatic rings. The lowest BCUT2D eigenvalue weighted by Gasteiger charge is -2.10. The molecule has 0 aliphatic carbocycles. The Morgan fingerprint density at radius 1 is 1.43 bits per heavy atom. The summed E-state index contributed by atoms with van der Waals surface area (Å²) in [5.41, 5.74) is 0.414. The van der Waals surface area contributed by atoms with Crippen molar-refractivity contribution < 1.29 is 18.3 Å². The van der Waals surface area contributed by atoms with Gasteiger partial charge >= 0.3 is 0 Å². The van der Waals surface area contributed by atoms with Crippen LogP contribution in [0.4, 0.5) is 0 Å². The third-order valence-electron chi connectivity index (χ3n) is 3.07. The molecule has 1 aromatic carbocycles. The van der Waals surface area contributed by atoms with E-state index < -0.39 is 10.0 Å². The van der Waals surface area contributed by atoms with Gasteiger partial charge in [0, 0.05) is 25.0 Å². The standard InChI is InChI=1S/C13H17N3O4S/c1-16-6-5-14-13(16)8-15-21(18,19)11-3-4-12(20-2)10(7-11)9-17/h3-7,15,17H,8-9H2,1-2H3. The molecule has 0 amide bonds. The lowest BCUT2D eigenvalue weighted by Crippen LogP contribution is -2.24. The number of sulfonamides is 1. The summed E-state index contributed by atoms with van der Waals surface area (Å²) < 4.78 is 33.7. The highest BCUT2D eigenvalue weighted by Crippen LogP contribution is 2.22. The summed E-state index contributed by atoms with van der Waals surface area (Å²) in [5, 5.41) is 9.25. The Balaban J connectivity index is 2.21. The third kappa shape index (κ3) is 3.41. The zero-order valence-electron chi connectivity index (χ0n) is 11.8. The Labute approximate surface area is 123 Å². The minimum Gasteiger partial charge on any atom is -0.496 e. The van der Waals surface area contributed by atoms with Crippen molar-refractivity contribution in [2.75, 3.05) is 7.11 Å². The fraction of sp³-hybridized carbons (Fsp3) is 0.308. The number of aryl methyl sites for hydroxylation is 1. The zero-order chi connectivity index (χ0) is 15.5. The van der Waals surface area contributed by atoms with Gasteiger partial charge in [0.1, 0.15) is 11.6 Å². The number of aliphatic hydroxyl groups is 1. The highest BCUT2D eigenvalue weighted by Gasteiger charge is 2.17. The first kappa shape index (κ1) is 15.5. The van der Waals surface area contributed by atoms with E-state index in [9.17, 15) is 13.5 Å². The number of aromatic nitrogens is 2. The van der Waals surface area contributed by atoms with E-state index in [1.54, 1.807) is 24.0 Å². The van der Waals surface area contributed by atoms with Crippen molar-refractivity contribution in [2.45, 2.75) is 18.0 Å². The van der Waals surface area contributed by atoms with Gasteiger partial charge in [-0.1, -0.05) is 0 Å². The molecule has 0 unspecified atom stereocenters. The normalized spacial score (nSPS) is 11.6. The van der Waals surface area contributed by atoms with Gasteiger partial charge in [-0.05, 0) is 18.2 Å². The average molecular weight is 311 g/mol. The monoisotopic (exact) mass is 311 g/mol. The van der Waals surface area contributed by atoms with Crippen molar-refractivity contribution in [3.05, 3.63) is 42.0 Å². The van der Waals surface area contributed by atoms with Gasteiger partial charge in [-0.15, -0.1) is 0 Å². The van der Waals surface area contributed by atoms with Crippen LogP contribution in [0.3, 0.4) is 0 Å². The molecule has 114 valence electrons. The number of methoxy groups -OCH3 is 1. The SMILES string of the molecule is COc1ccc(S(=O)(=O)NCc2nccn2C)cc1CO. The summed E-state index contributed by atoms with van der Waals surface area (Å²) in [6.45, 7) is -0.210. The molecule has 21 heavy (non-hydrogen) atoms. The second-order valence-electron chi connectivity index (χ2n) is 4.41. The molecule has 2 N–H and O–H groups in total. The number of benzene rings is 1. The van der Waals surface area contributed by atoms with Crippen LogP contribution in [0, 0.1) is 0 Å². The van der Waals surface area contributed by atoms with Crippen LogP contribution in [-0.4, -0.2) is 30.2 Å². The van der Waals surface area contributed by atoms with Crippen LogP contribution in [0.5, 0.6) is 5.75 Å². The van der Waals surface area contributed by atoms with E-state index in [4.69, 9.17) is 4.74 Å². The van der Waals surface area contributed by atoms with E-state index in [-0.39, 0.29) is 18.0 Å². The summed E-state index contributed by atoms with van der Waals surface area (Å²) in [6, 6.07) is 4.33. The first-order valence-corrected chi connectivity index (χ1v) is 7.70. The highest BCUT2D eigenvalue weighted by molar-refractivity contribution is 7.89. The largest absolute Gasteiger partial charge is 0.496 e. The van der Waals surface area contributed by atoms with E-state index in [2.05, 4.69) is 9.71 Å². The lowest BCUT2D eigenvalue weighted by molar-refractivity contribution is 0.273. The zero-order valence-corrected chi connectivity index (χ0v) is 12.6. The summed E-state index contributed by atoms with van der Waals surface area (Å²) >= 11 is 0. The quantitative estimate of drug-likeness (QED) is 0.805. The summed E-state index contributed by atoms with van der Waals surface area (Å²) in [4.78, 5) is 4.12. The van der Waals surface area contributed by atoms with Crippen LogP contribution in [-0.2, 0) is 30.2 Å². The molecular formula is C13H17N3O4S. The van der Waals surface area contributed by atoms with Crippen molar-refractivity contribution in [3.8, 4) is 5.75 Å². The molecular weight excluding hydrogens is 294 g/mol. The predicted octanol–water partition coefficient (Wildman–Crippen LogP) is 0.399. The van der Waals surface area contributed by atoms with E-state index in [1.807, 2.05) is 0 Å². The number of hydrogen-bond acceptors (Lipinski definition) is 5. The first-order chi connectivity index (χ1) is 9.97. The highest BCUT2D eigenvalue weighted by atomic mass is 32.2. The summed E-state index contributed by atoms with van der Waals surface area (Å²) in [5.74, 6) is 1.05. The van der Waals surface area contributed by atoms with Gasteiger partial charge in [0.05, 0.1) is 25.2 Å². The molecule has 0 aliphatic heterocycles. The Kier molecular flexibility index (Phi) is 4.61. The lowest BCUT2D eigenvalue weighted by atomic mass is 10.2. The molecule has 0 saturated carbocycles. The van der Waals surface area contributed by atoms with E-state index in [0.717, 1.165) is 0 Å². The Morgan fingerprint density at radius 2 is 2.19 bits per heavy atom. The van der Waals surface area contributed by atoms with Crippen LogP contribution in [0.2, 0.25) is 0 Å². The van der Waals surface area contributed by atoms with Crippen LogP contribution in [0.1, 0.15) is 11.4 Å². The molecule has 1 heterocycles. The molecule has 0 saturated heterocycles. The summed E-state index contributed by atoms with van der Waals surface area (Å²) in [6.07, 6.45) is 3.34. The van der Waals surface area contributed by atoms with Gasteiger partial charge < -0.3 is 14.4 Å². The topological polar surface area (TPSA) is 93.5 Å². The van der Waals surface area contributed by atoms with Gasteiger partial charge in [0.2, 0.25) is 10.0 Å². The molecule has 2 rings (SSSR count). The van der Waals surface area contributed by atoms with E-state index >= 15 is 0 Å². The smallest absolute Gasteiger partial charge is 0.240 e. The van der Waals surface area contributed by atoms with Crippen LogP contribution < -0.4 is 9.46 Å². The van der Waals surface area contributed by atoms with Crippen molar-refractivity contribution >= 4 is 10.0 Å². The third-order valence-corrected chi connectivity index (χ3v) is 4.47. The molecule has 8 heteroatoms. The number of rotatable bonds is 6. The first-order valence-electron chi connectivity index (χ1n) is 6.21. The molecule has 0 atom stereocenters. The number of nitrogens with zero attached hydrogens (tertiary/aromatic N) is 2. The molecule has 0 radical (unpaired) electrons. The average Bonchev–Trinajstić information content (AvgIpc) is 2.89. The second kappa shape index (κ2) is 6.25. The Hall–Kier alpha value is -1.90. The van der Waals surface area contributed by atoms with Crippen molar-refractivity contribution in [2.24, 2.45) is 7.05 Å². The fourth-order valence-electron chi connectivity index (χ4n) is 1.86. The molecule has 0 fully saturated rings. The van der Waals surface area contributed by atoms with E-state index in [0.29, 0.717) is 17.1 Å². The Morgan fingerprint density at radius 3 is 2.76 bits per heavy atom. The van der Waals surface area contributed by atoms with Gasteiger partial charge in [-0.2, -0.15) is 0 Å².